The van der Waals surface area contributed by atoms with Gasteiger partial charge in [-0.2, -0.15) is 0 Å². The Bertz CT molecular complexity index is 300. The second-order valence-electron chi connectivity index (χ2n) is 1.95. The van der Waals surface area contributed by atoms with Crippen LogP contribution < -0.4 is 11.5 Å². The Kier molecular flexibility index (Phi) is 1.72. The Morgan fingerprint density at radius 1 is 1.55 bits per heavy atom. The number of rotatable bonds is 1. The minimum absolute atomic E-state index is 0.0926. The van der Waals surface area contributed by atoms with E-state index in [-0.39, 0.29) is 11.3 Å². The summed E-state index contributed by atoms with van der Waals surface area (Å²) < 4.78 is 12.5. The van der Waals surface area contributed by atoms with Crippen molar-refractivity contribution in [1.82, 2.24) is 4.98 Å². The average molecular weight is 155 g/mol. The molecule has 1 heterocycles. The van der Waals surface area contributed by atoms with E-state index >= 15 is 0 Å². The van der Waals surface area contributed by atoms with Crippen LogP contribution in [-0.2, 0) is 0 Å². The number of nitrogens with two attached hydrogens (primary N) is 2. The summed E-state index contributed by atoms with van der Waals surface area (Å²) in [4.78, 5) is 13.9. The van der Waals surface area contributed by atoms with Gasteiger partial charge in [-0.1, -0.05) is 0 Å². The molecule has 0 unspecified atom stereocenters. The van der Waals surface area contributed by atoms with Crippen molar-refractivity contribution in [3.63, 3.8) is 0 Å². The fraction of sp³-hybridized carbons (Fsp3) is 0. The quantitative estimate of drug-likeness (QED) is 0.594. The number of carbonyl (C=O) groups is 1. The summed E-state index contributed by atoms with van der Waals surface area (Å²) >= 11 is 0. The topological polar surface area (TPSA) is 82.0 Å². The molecule has 11 heavy (non-hydrogen) atoms. The van der Waals surface area contributed by atoms with Gasteiger partial charge in [0.05, 0.1) is 17.4 Å². The van der Waals surface area contributed by atoms with Crippen molar-refractivity contribution in [3.05, 3.63) is 23.8 Å². The van der Waals surface area contributed by atoms with E-state index in [1.807, 2.05) is 0 Å². The van der Waals surface area contributed by atoms with E-state index in [2.05, 4.69) is 4.98 Å². The maximum absolute atomic E-state index is 12.5. The smallest absolute Gasteiger partial charge is 0.252 e. The molecule has 0 aliphatic heterocycles. The molecule has 0 fully saturated rings. The van der Waals surface area contributed by atoms with Crippen LogP contribution in [0, 0.1) is 5.82 Å². The van der Waals surface area contributed by atoms with Crippen LogP contribution in [0.5, 0.6) is 0 Å². The number of primary amides is 1. The van der Waals surface area contributed by atoms with E-state index in [0.29, 0.717) is 0 Å². The highest BCUT2D eigenvalue weighted by atomic mass is 19.1. The van der Waals surface area contributed by atoms with Gasteiger partial charge in [0, 0.05) is 6.20 Å². The van der Waals surface area contributed by atoms with Crippen molar-refractivity contribution < 1.29 is 9.18 Å². The summed E-state index contributed by atoms with van der Waals surface area (Å²) in [7, 11) is 0. The first kappa shape index (κ1) is 7.46. The molecule has 0 saturated heterocycles. The molecule has 1 rings (SSSR count). The van der Waals surface area contributed by atoms with Gasteiger partial charge in [0.25, 0.3) is 5.91 Å². The lowest BCUT2D eigenvalue weighted by Gasteiger charge is -1.99. The van der Waals surface area contributed by atoms with Crippen molar-refractivity contribution >= 4 is 11.6 Å². The Morgan fingerprint density at radius 3 is 2.64 bits per heavy atom. The zero-order chi connectivity index (χ0) is 8.43. The second kappa shape index (κ2) is 2.53. The number of halogens is 1. The van der Waals surface area contributed by atoms with E-state index in [0.717, 1.165) is 12.4 Å². The lowest BCUT2D eigenvalue weighted by atomic mass is 10.2. The minimum Gasteiger partial charge on any atom is -0.396 e. The van der Waals surface area contributed by atoms with E-state index in [1.165, 1.54) is 0 Å². The molecule has 0 bridgehead atoms. The van der Waals surface area contributed by atoms with Crippen LogP contribution in [0.4, 0.5) is 10.1 Å². The number of pyridine rings is 1. The molecule has 1 aromatic rings. The van der Waals surface area contributed by atoms with E-state index in [9.17, 15) is 9.18 Å². The van der Waals surface area contributed by atoms with Gasteiger partial charge in [-0.15, -0.1) is 0 Å². The first-order valence-electron chi connectivity index (χ1n) is 2.81. The molecule has 0 saturated carbocycles. The molecule has 0 aliphatic carbocycles. The SMILES string of the molecule is NC(=O)c1cncc(F)c1N. The first-order chi connectivity index (χ1) is 5.13. The molecule has 1 amide bonds. The highest BCUT2D eigenvalue weighted by molar-refractivity contribution is 5.97. The van der Waals surface area contributed by atoms with Gasteiger partial charge in [-0.25, -0.2) is 4.39 Å². The van der Waals surface area contributed by atoms with Gasteiger partial charge in [0.15, 0.2) is 5.82 Å². The van der Waals surface area contributed by atoms with Gasteiger partial charge < -0.3 is 11.5 Å². The van der Waals surface area contributed by atoms with Crippen LogP contribution in [-0.4, -0.2) is 10.9 Å². The van der Waals surface area contributed by atoms with Crippen molar-refractivity contribution in [2.45, 2.75) is 0 Å². The molecule has 58 valence electrons. The van der Waals surface area contributed by atoms with Crippen molar-refractivity contribution in [2.24, 2.45) is 5.73 Å². The fourth-order valence-corrected chi connectivity index (χ4v) is 0.641. The molecule has 0 aromatic carbocycles. The summed E-state index contributed by atoms with van der Waals surface area (Å²) in [6.07, 6.45) is 2.04. The van der Waals surface area contributed by atoms with Crippen LogP contribution in [0.3, 0.4) is 0 Å². The zero-order valence-electron chi connectivity index (χ0n) is 5.54. The molecule has 0 aliphatic rings. The highest BCUT2D eigenvalue weighted by Gasteiger charge is 2.08. The predicted molar refractivity (Wildman–Crippen MR) is 37.1 cm³/mol. The number of amides is 1. The molecule has 5 heteroatoms. The largest absolute Gasteiger partial charge is 0.396 e. The van der Waals surface area contributed by atoms with Crippen molar-refractivity contribution in [3.8, 4) is 0 Å². The summed E-state index contributed by atoms with van der Waals surface area (Å²) in [5, 5.41) is 0. The number of nitrogen functional groups attached to an aromatic ring is 1. The normalized spacial score (nSPS) is 9.55. The number of aromatic nitrogens is 1. The Labute approximate surface area is 62.0 Å². The van der Waals surface area contributed by atoms with Gasteiger partial charge in [-0.05, 0) is 0 Å². The first-order valence-corrected chi connectivity index (χ1v) is 2.81. The third-order valence-corrected chi connectivity index (χ3v) is 1.20. The average Bonchev–Trinajstić information content (AvgIpc) is 1.94. The van der Waals surface area contributed by atoms with Crippen molar-refractivity contribution in [1.29, 1.82) is 0 Å². The number of hydrogen-bond donors (Lipinski definition) is 2. The monoisotopic (exact) mass is 155 g/mol. The number of hydrogen-bond acceptors (Lipinski definition) is 3. The predicted octanol–water partition coefficient (Wildman–Crippen LogP) is -0.0982. The van der Waals surface area contributed by atoms with Crippen LogP contribution in [0.2, 0.25) is 0 Å². The van der Waals surface area contributed by atoms with Crippen molar-refractivity contribution in [2.75, 3.05) is 5.73 Å². The van der Waals surface area contributed by atoms with Crippen LogP contribution in [0.15, 0.2) is 12.4 Å². The summed E-state index contributed by atoms with van der Waals surface area (Å²) in [6.45, 7) is 0. The third-order valence-electron chi connectivity index (χ3n) is 1.20. The van der Waals surface area contributed by atoms with Crippen LogP contribution in [0.1, 0.15) is 10.4 Å². The zero-order valence-corrected chi connectivity index (χ0v) is 5.54. The molecule has 0 radical (unpaired) electrons. The Hall–Kier alpha value is -1.65. The summed E-state index contributed by atoms with van der Waals surface area (Å²) in [6, 6.07) is 0. The molecule has 4 nitrogen and oxygen atoms in total. The molecule has 4 N–H and O–H groups in total. The summed E-state index contributed by atoms with van der Waals surface area (Å²) in [5.74, 6) is -1.52. The Morgan fingerprint density at radius 2 is 2.18 bits per heavy atom. The van der Waals surface area contributed by atoms with Crippen LogP contribution in [0.25, 0.3) is 0 Å². The lowest BCUT2D eigenvalue weighted by Crippen LogP contribution is -2.14. The van der Waals surface area contributed by atoms with Gasteiger partial charge in [0.1, 0.15) is 0 Å². The van der Waals surface area contributed by atoms with E-state index in [1.54, 1.807) is 0 Å². The lowest BCUT2D eigenvalue weighted by molar-refractivity contribution is 0.100. The molecular weight excluding hydrogens is 149 g/mol. The molecule has 0 spiro atoms. The highest BCUT2D eigenvalue weighted by Crippen LogP contribution is 2.12. The fourth-order valence-electron chi connectivity index (χ4n) is 0.641. The second-order valence-corrected chi connectivity index (χ2v) is 1.95. The minimum atomic E-state index is -0.783. The van der Waals surface area contributed by atoms with Gasteiger partial charge >= 0.3 is 0 Å². The molecule has 1 aromatic heterocycles. The maximum Gasteiger partial charge on any atom is 0.252 e. The van der Waals surface area contributed by atoms with Crippen LogP contribution >= 0.6 is 0 Å². The number of anilines is 1. The standard InChI is InChI=1S/C6H6FN3O/c7-4-2-10-1-3(5(4)8)6(9)11/h1-2H,(H2,8,10)(H2,9,11). The van der Waals surface area contributed by atoms with E-state index < -0.39 is 11.7 Å². The van der Waals surface area contributed by atoms with Gasteiger partial charge in [0.2, 0.25) is 0 Å². The maximum atomic E-state index is 12.5. The molecular formula is C6H6FN3O. The summed E-state index contributed by atoms with van der Waals surface area (Å²) in [5.41, 5.74) is 9.68. The Balaban J connectivity index is 3.27. The third kappa shape index (κ3) is 1.26. The number of carbonyl (C=O) groups excluding carboxylic acids is 1. The molecule has 0 atom stereocenters. The van der Waals surface area contributed by atoms with E-state index in [4.69, 9.17) is 11.5 Å². The number of nitrogens with zero attached hydrogens (tertiary/aromatic N) is 1. The van der Waals surface area contributed by atoms with Gasteiger partial charge in [-0.3, -0.25) is 9.78 Å².